The van der Waals surface area contributed by atoms with Gasteiger partial charge in [0.1, 0.15) is 17.1 Å². The molecule has 238 valence electrons. The van der Waals surface area contributed by atoms with Crippen molar-refractivity contribution in [3.8, 4) is 28.1 Å². The van der Waals surface area contributed by atoms with Gasteiger partial charge in [-0.3, -0.25) is 9.71 Å². The maximum atomic E-state index is 15.9. The minimum atomic E-state index is -3.94. The molecule has 12 nitrogen and oxygen atoms in total. The van der Waals surface area contributed by atoms with E-state index >= 15 is 4.39 Å². The van der Waals surface area contributed by atoms with Crippen molar-refractivity contribution in [2.75, 3.05) is 49.4 Å². The summed E-state index contributed by atoms with van der Waals surface area (Å²) < 4.78 is 51.8. The molecule has 1 N–H and O–H groups in total. The minimum Gasteiger partial charge on any atom is -0.444 e. The molecule has 4 heterocycles. The number of halogens is 1. The fraction of sp³-hybridized carbons (Fsp3) is 0.355. The summed E-state index contributed by atoms with van der Waals surface area (Å²) in [7, 11) is -2.52. The summed E-state index contributed by atoms with van der Waals surface area (Å²) in [6.07, 6.45) is 6.31. The normalized spacial score (nSPS) is 14.1. The SMILES string of the molecule is CCN(C)S(=O)(=O)Nc1cccc(-c2cn(-c3ccc(N4CCN(C(=O)OC(C)(C)C)CC4)nc3)nc2-c2ccncc2)c1F. The van der Waals surface area contributed by atoms with Crippen LogP contribution in [0.5, 0.6) is 0 Å². The zero-order chi connectivity index (χ0) is 32.4. The molecule has 1 aromatic carbocycles. The van der Waals surface area contributed by atoms with Crippen LogP contribution in [0.2, 0.25) is 0 Å². The molecule has 0 bridgehead atoms. The average molecular weight is 637 g/mol. The Hall–Kier alpha value is -4.56. The Balaban J connectivity index is 1.42. The van der Waals surface area contributed by atoms with E-state index in [1.165, 1.54) is 13.1 Å². The number of benzene rings is 1. The van der Waals surface area contributed by atoms with Gasteiger partial charge in [-0.2, -0.15) is 17.8 Å². The van der Waals surface area contributed by atoms with E-state index in [9.17, 15) is 13.2 Å². The summed E-state index contributed by atoms with van der Waals surface area (Å²) in [5.41, 5.74) is 1.78. The van der Waals surface area contributed by atoms with Crippen molar-refractivity contribution in [3.05, 3.63) is 73.1 Å². The first-order valence-corrected chi connectivity index (χ1v) is 16.0. The zero-order valence-corrected chi connectivity index (χ0v) is 26.8. The first-order chi connectivity index (χ1) is 21.4. The number of piperazine rings is 1. The van der Waals surface area contributed by atoms with Crippen molar-refractivity contribution < 1.29 is 22.3 Å². The topological polar surface area (TPSA) is 126 Å². The number of carbonyl (C=O) groups excluding carboxylic acids is 1. The number of hydrogen-bond donors (Lipinski definition) is 1. The lowest BCUT2D eigenvalue weighted by molar-refractivity contribution is 0.0240. The molecule has 45 heavy (non-hydrogen) atoms. The standard InChI is InChI=1S/C31H37FN8O4S/c1-6-37(5)45(42,43)36-26-9-7-8-24(28(26)32)25-21-40(35-29(25)22-12-14-33-15-13-22)23-10-11-27(34-20-23)38-16-18-39(19-17-38)30(41)44-31(2,3)4/h7-15,20-21,36H,6,16-19H2,1-5H3. The van der Waals surface area contributed by atoms with E-state index in [4.69, 9.17) is 9.84 Å². The maximum Gasteiger partial charge on any atom is 0.410 e. The predicted octanol–water partition coefficient (Wildman–Crippen LogP) is 4.80. The van der Waals surface area contributed by atoms with Crippen LogP contribution in [0, 0.1) is 5.82 Å². The molecule has 0 spiro atoms. The van der Waals surface area contributed by atoms with Gasteiger partial charge in [-0.05, 0) is 51.1 Å². The number of hydrogen-bond acceptors (Lipinski definition) is 8. The molecule has 0 unspecified atom stereocenters. The van der Waals surface area contributed by atoms with E-state index in [1.54, 1.807) is 65.6 Å². The van der Waals surface area contributed by atoms with Crippen molar-refractivity contribution in [2.45, 2.75) is 33.3 Å². The van der Waals surface area contributed by atoms with Crippen LogP contribution in [0.4, 0.5) is 20.7 Å². The van der Waals surface area contributed by atoms with Gasteiger partial charge < -0.3 is 14.5 Å². The van der Waals surface area contributed by atoms with Gasteiger partial charge in [-0.1, -0.05) is 19.1 Å². The highest BCUT2D eigenvalue weighted by Gasteiger charge is 2.27. The number of amides is 1. The highest BCUT2D eigenvalue weighted by molar-refractivity contribution is 7.90. The monoisotopic (exact) mass is 636 g/mol. The molecule has 1 fully saturated rings. The molecule has 1 aliphatic rings. The van der Waals surface area contributed by atoms with Crippen LogP contribution in [0.1, 0.15) is 27.7 Å². The summed E-state index contributed by atoms with van der Waals surface area (Å²) in [5.74, 6) is 0.0341. The molecule has 0 saturated carbocycles. The van der Waals surface area contributed by atoms with Crippen LogP contribution in [0.25, 0.3) is 28.1 Å². The van der Waals surface area contributed by atoms with E-state index in [0.717, 1.165) is 10.1 Å². The fourth-order valence-corrected chi connectivity index (χ4v) is 5.71. The quantitative estimate of drug-likeness (QED) is 0.292. The molecular formula is C31H37FN8O4S. The minimum absolute atomic E-state index is 0.168. The molecule has 4 aromatic rings. The summed E-state index contributed by atoms with van der Waals surface area (Å²) >= 11 is 0. The third-order valence-electron chi connectivity index (χ3n) is 7.30. The van der Waals surface area contributed by atoms with Crippen molar-refractivity contribution in [1.29, 1.82) is 0 Å². The first kappa shape index (κ1) is 31.9. The number of pyridine rings is 2. The largest absolute Gasteiger partial charge is 0.444 e. The fourth-order valence-electron chi connectivity index (χ4n) is 4.78. The number of anilines is 2. The van der Waals surface area contributed by atoms with Crippen LogP contribution in [-0.2, 0) is 14.9 Å². The first-order valence-electron chi connectivity index (χ1n) is 14.6. The van der Waals surface area contributed by atoms with Crippen molar-refractivity contribution in [2.24, 2.45) is 0 Å². The summed E-state index contributed by atoms with van der Waals surface area (Å²) in [6, 6.07) is 11.9. The van der Waals surface area contributed by atoms with E-state index in [1.807, 2.05) is 32.9 Å². The molecule has 3 aromatic heterocycles. The maximum absolute atomic E-state index is 15.9. The second-order valence-electron chi connectivity index (χ2n) is 11.6. The highest BCUT2D eigenvalue weighted by atomic mass is 32.2. The molecule has 14 heteroatoms. The molecule has 5 rings (SSSR count). The Morgan fingerprint density at radius 2 is 1.76 bits per heavy atom. The average Bonchev–Trinajstić information content (AvgIpc) is 3.46. The van der Waals surface area contributed by atoms with Gasteiger partial charge in [0.05, 0.1) is 17.6 Å². The second kappa shape index (κ2) is 12.8. The third-order valence-corrected chi connectivity index (χ3v) is 8.86. The van der Waals surface area contributed by atoms with Gasteiger partial charge in [-0.15, -0.1) is 0 Å². The van der Waals surface area contributed by atoms with Gasteiger partial charge in [0.15, 0.2) is 5.82 Å². The van der Waals surface area contributed by atoms with E-state index in [2.05, 4.69) is 19.6 Å². The number of nitrogens with zero attached hydrogens (tertiary/aromatic N) is 7. The van der Waals surface area contributed by atoms with Crippen LogP contribution in [-0.4, -0.2) is 88.8 Å². The summed E-state index contributed by atoms with van der Waals surface area (Å²) in [5, 5.41) is 4.78. The molecule has 0 aliphatic carbocycles. The Morgan fingerprint density at radius 3 is 2.38 bits per heavy atom. The Labute approximate surface area is 262 Å². The van der Waals surface area contributed by atoms with Gasteiger partial charge in [0.2, 0.25) is 0 Å². The van der Waals surface area contributed by atoms with Crippen molar-refractivity contribution in [3.63, 3.8) is 0 Å². The van der Waals surface area contributed by atoms with Crippen LogP contribution in [0.15, 0.2) is 67.3 Å². The lowest BCUT2D eigenvalue weighted by atomic mass is 10.0. The van der Waals surface area contributed by atoms with E-state index < -0.39 is 21.6 Å². The third kappa shape index (κ3) is 7.23. The van der Waals surface area contributed by atoms with Crippen molar-refractivity contribution >= 4 is 27.8 Å². The number of ether oxygens (including phenoxy) is 1. The van der Waals surface area contributed by atoms with Crippen LogP contribution >= 0.6 is 0 Å². The lowest BCUT2D eigenvalue weighted by Crippen LogP contribution is -2.50. The Kier molecular flexibility index (Phi) is 9.07. The van der Waals surface area contributed by atoms with E-state index in [-0.39, 0.29) is 23.9 Å². The van der Waals surface area contributed by atoms with Crippen LogP contribution in [0.3, 0.4) is 0 Å². The van der Waals surface area contributed by atoms with Gasteiger partial charge in [0, 0.05) is 75.1 Å². The van der Waals surface area contributed by atoms with Gasteiger partial charge in [0.25, 0.3) is 0 Å². The molecule has 1 amide bonds. The smallest absolute Gasteiger partial charge is 0.410 e. The molecule has 1 aliphatic heterocycles. The molecule has 1 saturated heterocycles. The Morgan fingerprint density at radius 1 is 1.04 bits per heavy atom. The zero-order valence-electron chi connectivity index (χ0n) is 25.9. The van der Waals surface area contributed by atoms with Gasteiger partial charge in [-0.25, -0.2) is 18.9 Å². The van der Waals surface area contributed by atoms with Gasteiger partial charge >= 0.3 is 16.3 Å². The number of rotatable bonds is 8. The predicted molar refractivity (Wildman–Crippen MR) is 171 cm³/mol. The lowest BCUT2D eigenvalue weighted by Gasteiger charge is -2.36. The number of carbonyl (C=O) groups is 1. The second-order valence-corrected chi connectivity index (χ2v) is 13.4. The number of nitrogens with one attached hydrogen (secondary N) is 1. The van der Waals surface area contributed by atoms with Crippen LogP contribution < -0.4 is 9.62 Å². The number of aromatic nitrogens is 4. The van der Waals surface area contributed by atoms with Crippen molar-refractivity contribution in [1.82, 2.24) is 29.0 Å². The van der Waals surface area contributed by atoms with E-state index in [0.29, 0.717) is 48.7 Å². The molecule has 0 atom stereocenters. The highest BCUT2D eigenvalue weighted by Crippen LogP contribution is 2.36. The summed E-state index contributed by atoms with van der Waals surface area (Å²) in [6.45, 7) is 9.71. The molecule has 0 radical (unpaired) electrons. The summed E-state index contributed by atoms with van der Waals surface area (Å²) in [4.78, 5) is 25.0. The Bertz CT molecular complexity index is 1750. The molecular weight excluding hydrogens is 599 g/mol.